The Morgan fingerprint density at radius 3 is 2.47 bits per heavy atom. The van der Waals surface area contributed by atoms with Gasteiger partial charge in [0.05, 0.1) is 12.2 Å². The number of benzene rings is 1. The second-order valence-electron chi connectivity index (χ2n) is 5.38. The third-order valence-corrected chi connectivity index (χ3v) is 2.82. The van der Waals surface area contributed by atoms with Crippen molar-refractivity contribution in [1.29, 1.82) is 0 Å². The predicted molar refractivity (Wildman–Crippen MR) is 75.2 cm³/mol. The number of rotatable bonds is 5. The lowest BCUT2D eigenvalue weighted by Gasteiger charge is -2.09. The zero-order chi connectivity index (χ0) is 13.8. The molecule has 1 N–H and O–H groups in total. The van der Waals surface area contributed by atoms with Crippen molar-refractivity contribution in [2.45, 2.75) is 34.2 Å². The maximum absolute atomic E-state index is 4.09. The van der Waals surface area contributed by atoms with Gasteiger partial charge in [-0.2, -0.15) is 4.68 Å². The third-order valence-electron chi connectivity index (χ3n) is 2.82. The van der Waals surface area contributed by atoms with Gasteiger partial charge in [0.25, 0.3) is 0 Å². The van der Waals surface area contributed by atoms with Crippen LogP contribution in [-0.4, -0.2) is 26.8 Å². The van der Waals surface area contributed by atoms with Gasteiger partial charge in [-0.15, -0.1) is 5.10 Å². The first-order valence-electron chi connectivity index (χ1n) is 6.63. The Balaban J connectivity index is 2.18. The van der Waals surface area contributed by atoms with Gasteiger partial charge < -0.3 is 5.32 Å². The second-order valence-corrected chi connectivity index (χ2v) is 5.38. The largest absolute Gasteiger partial charge is 0.310 e. The van der Waals surface area contributed by atoms with Crippen LogP contribution < -0.4 is 5.32 Å². The van der Waals surface area contributed by atoms with Gasteiger partial charge in [-0.25, -0.2) is 0 Å². The van der Waals surface area contributed by atoms with Crippen molar-refractivity contribution in [3.05, 3.63) is 35.2 Å². The van der Waals surface area contributed by atoms with Crippen LogP contribution in [0.25, 0.3) is 5.69 Å². The zero-order valence-corrected chi connectivity index (χ0v) is 12.0. The summed E-state index contributed by atoms with van der Waals surface area (Å²) in [6.45, 7) is 10.2. The van der Waals surface area contributed by atoms with Gasteiger partial charge in [0.15, 0.2) is 5.82 Å². The van der Waals surface area contributed by atoms with Crippen molar-refractivity contribution < 1.29 is 0 Å². The lowest BCUT2D eigenvalue weighted by atomic mass is 10.1. The van der Waals surface area contributed by atoms with E-state index in [0.717, 1.165) is 18.1 Å². The Kier molecular flexibility index (Phi) is 4.27. The van der Waals surface area contributed by atoms with Gasteiger partial charge >= 0.3 is 0 Å². The SMILES string of the molecule is Cc1cc(C)cc(-n2nnnc2CNCC(C)C)c1. The summed E-state index contributed by atoms with van der Waals surface area (Å²) in [6, 6.07) is 6.33. The molecular formula is C14H21N5. The highest BCUT2D eigenvalue weighted by Crippen LogP contribution is 2.13. The summed E-state index contributed by atoms with van der Waals surface area (Å²) >= 11 is 0. The van der Waals surface area contributed by atoms with Gasteiger partial charge in [-0.3, -0.25) is 0 Å². The molecule has 2 rings (SSSR count). The molecular weight excluding hydrogens is 238 g/mol. The van der Waals surface area contributed by atoms with Crippen LogP contribution >= 0.6 is 0 Å². The van der Waals surface area contributed by atoms with E-state index in [1.807, 2.05) is 0 Å². The Morgan fingerprint density at radius 1 is 1.16 bits per heavy atom. The van der Waals surface area contributed by atoms with E-state index in [-0.39, 0.29) is 0 Å². The van der Waals surface area contributed by atoms with E-state index in [9.17, 15) is 0 Å². The summed E-state index contributed by atoms with van der Waals surface area (Å²) in [5.41, 5.74) is 3.45. The molecule has 0 fully saturated rings. The van der Waals surface area contributed by atoms with Crippen LogP contribution in [0, 0.1) is 19.8 Å². The van der Waals surface area contributed by atoms with Crippen LogP contribution in [0.15, 0.2) is 18.2 Å². The molecule has 0 aliphatic carbocycles. The average molecular weight is 259 g/mol. The lowest BCUT2D eigenvalue weighted by Crippen LogP contribution is -2.21. The molecule has 1 heterocycles. The smallest absolute Gasteiger partial charge is 0.170 e. The molecule has 102 valence electrons. The number of nitrogens with zero attached hydrogens (tertiary/aromatic N) is 4. The average Bonchev–Trinajstić information content (AvgIpc) is 2.75. The summed E-state index contributed by atoms with van der Waals surface area (Å²) in [6.07, 6.45) is 0. The molecule has 2 aromatic rings. The Hall–Kier alpha value is -1.75. The quantitative estimate of drug-likeness (QED) is 0.892. The van der Waals surface area contributed by atoms with Gasteiger partial charge in [0.2, 0.25) is 0 Å². The summed E-state index contributed by atoms with van der Waals surface area (Å²) in [5, 5.41) is 15.3. The first kappa shape index (κ1) is 13.7. The number of hydrogen-bond acceptors (Lipinski definition) is 4. The van der Waals surface area contributed by atoms with Crippen molar-refractivity contribution >= 4 is 0 Å². The van der Waals surface area contributed by atoms with E-state index in [1.54, 1.807) is 4.68 Å². The molecule has 0 unspecified atom stereocenters. The van der Waals surface area contributed by atoms with Gasteiger partial charge in [0.1, 0.15) is 0 Å². The third kappa shape index (κ3) is 3.61. The van der Waals surface area contributed by atoms with Crippen molar-refractivity contribution in [3.8, 4) is 5.69 Å². The number of aryl methyl sites for hydroxylation is 2. The highest BCUT2D eigenvalue weighted by atomic mass is 15.5. The molecule has 0 saturated carbocycles. The van der Waals surface area contributed by atoms with Crippen LogP contribution in [0.5, 0.6) is 0 Å². The Morgan fingerprint density at radius 2 is 1.84 bits per heavy atom. The van der Waals surface area contributed by atoms with Crippen LogP contribution in [0.2, 0.25) is 0 Å². The molecule has 5 heteroatoms. The minimum absolute atomic E-state index is 0.616. The summed E-state index contributed by atoms with van der Waals surface area (Å²) in [5.74, 6) is 1.45. The van der Waals surface area contributed by atoms with E-state index in [0.29, 0.717) is 12.5 Å². The first-order valence-corrected chi connectivity index (χ1v) is 6.63. The first-order chi connectivity index (χ1) is 9.06. The zero-order valence-electron chi connectivity index (χ0n) is 12.0. The lowest BCUT2D eigenvalue weighted by molar-refractivity contribution is 0.537. The molecule has 0 radical (unpaired) electrons. The minimum Gasteiger partial charge on any atom is -0.310 e. The Bertz CT molecular complexity index is 524. The molecule has 0 bridgehead atoms. The van der Waals surface area contributed by atoms with E-state index in [2.05, 4.69) is 66.7 Å². The fourth-order valence-electron chi connectivity index (χ4n) is 2.06. The molecule has 1 aromatic heterocycles. The van der Waals surface area contributed by atoms with E-state index in [1.165, 1.54) is 11.1 Å². The number of nitrogens with one attached hydrogen (secondary N) is 1. The van der Waals surface area contributed by atoms with Gasteiger partial charge in [0, 0.05) is 0 Å². The predicted octanol–water partition coefficient (Wildman–Crippen LogP) is 2.02. The van der Waals surface area contributed by atoms with Gasteiger partial charge in [-0.05, 0) is 60.0 Å². The molecule has 0 atom stereocenters. The molecule has 0 aliphatic heterocycles. The standard InChI is InChI=1S/C14H21N5/c1-10(2)8-15-9-14-16-17-18-19(14)13-6-11(3)5-12(4)7-13/h5-7,10,15H,8-9H2,1-4H3. The van der Waals surface area contributed by atoms with Gasteiger partial charge in [-0.1, -0.05) is 19.9 Å². The van der Waals surface area contributed by atoms with E-state index >= 15 is 0 Å². The maximum Gasteiger partial charge on any atom is 0.170 e. The fourth-order valence-corrected chi connectivity index (χ4v) is 2.06. The van der Waals surface area contributed by atoms with Crippen molar-refractivity contribution in [1.82, 2.24) is 25.5 Å². The molecule has 0 amide bonds. The van der Waals surface area contributed by atoms with Crippen LogP contribution in [0.3, 0.4) is 0 Å². The topological polar surface area (TPSA) is 55.6 Å². The highest BCUT2D eigenvalue weighted by molar-refractivity contribution is 5.39. The van der Waals surface area contributed by atoms with Crippen LogP contribution in [-0.2, 0) is 6.54 Å². The summed E-state index contributed by atoms with van der Waals surface area (Å²) in [7, 11) is 0. The van der Waals surface area contributed by atoms with E-state index in [4.69, 9.17) is 0 Å². The van der Waals surface area contributed by atoms with Crippen LogP contribution in [0.4, 0.5) is 0 Å². The molecule has 19 heavy (non-hydrogen) atoms. The number of hydrogen-bond donors (Lipinski definition) is 1. The number of aromatic nitrogens is 4. The molecule has 0 aliphatic rings. The molecule has 0 spiro atoms. The molecule has 5 nitrogen and oxygen atoms in total. The molecule has 1 aromatic carbocycles. The normalized spacial score (nSPS) is 11.2. The van der Waals surface area contributed by atoms with Crippen molar-refractivity contribution in [2.75, 3.05) is 6.54 Å². The fraction of sp³-hybridized carbons (Fsp3) is 0.500. The minimum atomic E-state index is 0.616. The van der Waals surface area contributed by atoms with Crippen molar-refractivity contribution in [2.24, 2.45) is 5.92 Å². The van der Waals surface area contributed by atoms with E-state index < -0.39 is 0 Å². The highest BCUT2D eigenvalue weighted by Gasteiger charge is 2.08. The number of tetrazole rings is 1. The monoisotopic (exact) mass is 259 g/mol. The van der Waals surface area contributed by atoms with Crippen LogP contribution in [0.1, 0.15) is 30.8 Å². The summed E-state index contributed by atoms with van der Waals surface area (Å²) in [4.78, 5) is 0. The maximum atomic E-state index is 4.09. The van der Waals surface area contributed by atoms with Crippen molar-refractivity contribution in [3.63, 3.8) is 0 Å². The summed E-state index contributed by atoms with van der Waals surface area (Å²) < 4.78 is 1.80. The second kappa shape index (κ2) is 5.93. The molecule has 0 saturated heterocycles. The Labute approximate surface area is 114 Å².